The average molecular weight is 279 g/mol. The van der Waals surface area contributed by atoms with Gasteiger partial charge in [0.25, 0.3) is 10.1 Å². The number of hydrogen-bond acceptors (Lipinski definition) is 3. The third-order valence-corrected chi connectivity index (χ3v) is 3.42. The lowest BCUT2D eigenvalue weighted by Gasteiger charge is -2.08. The van der Waals surface area contributed by atoms with Crippen LogP contribution in [-0.4, -0.2) is 18.0 Å². The molecular weight excluding hydrogens is 266 g/mol. The van der Waals surface area contributed by atoms with E-state index >= 15 is 0 Å². The summed E-state index contributed by atoms with van der Waals surface area (Å²) in [5, 5.41) is 0.381. The van der Waals surface area contributed by atoms with Crippen molar-refractivity contribution in [2.45, 2.75) is 12.7 Å². The van der Waals surface area contributed by atoms with Gasteiger partial charge in [0, 0.05) is 17.1 Å². The lowest BCUT2D eigenvalue weighted by atomic mass is 10.1. The van der Waals surface area contributed by atoms with Crippen LogP contribution in [-0.2, 0) is 15.9 Å². The van der Waals surface area contributed by atoms with Crippen LogP contribution < -0.4 is 5.43 Å². The first-order valence-corrected chi connectivity index (χ1v) is 7.15. The molecule has 0 fully saturated rings. The fraction of sp³-hybridized carbons (Fsp3) is 0.154. The van der Waals surface area contributed by atoms with E-state index in [1.165, 1.54) is 6.07 Å². The Bertz CT molecular complexity index is 818. The minimum absolute atomic E-state index is 0.219. The molecule has 0 atom stereocenters. The third kappa shape index (κ3) is 2.91. The van der Waals surface area contributed by atoms with Gasteiger partial charge in [-0.1, -0.05) is 18.7 Å². The van der Waals surface area contributed by atoms with E-state index in [1.807, 2.05) is 0 Å². The largest absolute Gasteiger partial charge is 0.354 e. The normalized spacial score (nSPS) is 11.7. The molecule has 2 rings (SSSR count). The minimum Gasteiger partial charge on any atom is -0.354 e. The molecular formula is C13H13NO4S. The Morgan fingerprint density at radius 2 is 2.11 bits per heavy atom. The standard InChI is InChI=1S/C13H13NO4S/c1-8(2)11-6-12(15)10-5-3-4-9(13(10)14-11)7-19(16,17)18/h3-6H,1,7H2,2H3,(H,14,15)(H,16,17,18). The Labute approximate surface area is 110 Å². The second-order valence-corrected chi connectivity index (χ2v) is 5.85. The van der Waals surface area contributed by atoms with Crippen LogP contribution in [0.15, 0.2) is 35.6 Å². The van der Waals surface area contributed by atoms with E-state index in [2.05, 4.69) is 11.6 Å². The summed E-state index contributed by atoms with van der Waals surface area (Å²) in [6.45, 7) is 5.48. The van der Waals surface area contributed by atoms with E-state index in [-0.39, 0.29) is 5.43 Å². The Hall–Kier alpha value is -1.92. The van der Waals surface area contributed by atoms with Gasteiger partial charge in [0.05, 0.1) is 5.52 Å². The molecule has 0 aliphatic heterocycles. The lowest BCUT2D eigenvalue weighted by Crippen LogP contribution is -2.08. The number of pyridine rings is 1. The maximum absolute atomic E-state index is 11.9. The van der Waals surface area contributed by atoms with Gasteiger partial charge in [-0.3, -0.25) is 9.35 Å². The van der Waals surface area contributed by atoms with Crippen molar-refractivity contribution >= 4 is 26.6 Å². The fourth-order valence-corrected chi connectivity index (χ4v) is 2.51. The van der Waals surface area contributed by atoms with Crippen molar-refractivity contribution in [2.24, 2.45) is 0 Å². The van der Waals surface area contributed by atoms with Crippen molar-refractivity contribution in [1.82, 2.24) is 4.98 Å². The van der Waals surface area contributed by atoms with E-state index in [9.17, 15) is 13.2 Å². The molecule has 5 nitrogen and oxygen atoms in total. The van der Waals surface area contributed by atoms with Crippen LogP contribution in [0, 0.1) is 0 Å². The summed E-state index contributed by atoms with van der Waals surface area (Å²) in [6.07, 6.45) is 0. The van der Waals surface area contributed by atoms with Crippen molar-refractivity contribution in [3.63, 3.8) is 0 Å². The highest BCUT2D eigenvalue weighted by Gasteiger charge is 2.12. The van der Waals surface area contributed by atoms with Gasteiger partial charge in [-0.2, -0.15) is 8.42 Å². The summed E-state index contributed by atoms with van der Waals surface area (Å²) in [6, 6.07) is 6.15. The molecule has 0 saturated carbocycles. The molecule has 0 saturated heterocycles. The van der Waals surface area contributed by atoms with E-state index in [4.69, 9.17) is 4.55 Å². The monoisotopic (exact) mass is 279 g/mol. The van der Waals surface area contributed by atoms with Crippen LogP contribution in [0.2, 0.25) is 0 Å². The summed E-state index contributed by atoms with van der Waals surface area (Å²) in [5.41, 5.74) is 1.75. The Balaban J connectivity index is 2.79. The number of H-pyrrole nitrogens is 1. The number of aromatic amines is 1. The maximum Gasteiger partial charge on any atom is 0.269 e. The predicted molar refractivity (Wildman–Crippen MR) is 74.5 cm³/mol. The van der Waals surface area contributed by atoms with Gasteiger partial charge in [-0.15, -0.1) is 0 Å². The van der Waals surface area contributed by atoms with Crippen LogP contribution in [0.1, 0.15) is 18.2 Å². The molecule has 100 valence electrons. The highest BCUT2D eigenvalue weighted by atomic mass is 32.2. The zero-order valence-corrected chi connectivity index (χ0v) is 11.1. The SMILES string of the molecule is C=C(C)c1cc(=O)c2cccc(CS(=O)(=O)O)c2[nH]1. The molecule has 19 heavy (non-hydrogen) atoms. The third-order valence-electron chi connectivity index (χ3n) is 2.75. The molecule has 0 aliphatic carbocycles. The van der Waals surface area contributed by atoms with E-state index in [1.54, 1.807) is 25.1 Å². The molecule has 2 N–H and O–H groups in total. The van der Waals surface area contributed by atoms with Crippen molar-refractivity contribution in [3.05, 3.63) is 52.3 Å². The number of hydrogen-bond donors (Lipinski definition) is 2. The molecule has 0 aliphatic rings. The number of benzene rings is 1. The van der Waals surface area contributed by atoms with Gasteiger partial charge in [0.1, 0.15) is 5.75 Å². The first-order chi connectivity index (χ1) is 8.78. The fourth-order valence-electron chi connectivity index (χ4n) is 1.88. The van der Waals surface area contributed by atoms with Crippen LogP contribution >= 0.6 is 0 Å². The van der Waals surface area contributed by atoms with Crippen molar-refractivity contribution in [3.8, 4) is 0 Å². The molecule has 0 amide bonds. The summed E-state index contributed by atoms with van der Waals surface area (Å²) < 4.78 is 30.9. The predicted octanol–water partition coefficient (Wildman–Crippen LogP) is 1.95. The van der Waals surface area contributed by atoms with E-state index in [0.29, 0.717) is 27.7 Å². The van der Waals surface area contributed by atoms with Gasteiger partial charge in [0.15, 0.2) is 5.43 Å². The average Bonchev–Trinajstić information content (AvgIpc) is 2.27. The van der Waals surface area contributed by atoms with Crippen LogP contribution in [0.5, 0.6) is 0 Å². The Morgan fingerprint density at radius 1 is 1.42 bits per heavy atom. The number of allylic oxidation sites excluding steroid dienone is 1. The topological polar surface area (TPSA) is 87.2 Å². The van der Waals surface area contributed by atoms with E-state index in [0.717, 1.165) is 0 Å². The van der Waals surface area contributed by atoms with Crippen molar-refractivity contribution < 1.29 is 13.0 Å². The molecule has 1 aromatic heterocycles. The maximum atomic E-state index is 11.9. The Morgan fingerprint density at radius 3 is 2.68 bits per heavy atom. The number of nitrogens with one attached hydrogen (secondary N) is 1. The summed E-state index contributed by atoms with van der Waals surface area (Å²) in [4.78, 5) is 14.9. The van der Waals surface area contributed by atoms with E-state index < -0.39 is 15.9 Å². The van der Waals surface area contributed by atoms with Crippen LogP contribution in [0.3, 0.4) is 0 Å². The van der Waals surface area contributed by atoms with Crippen molar-refractivity contribution in [1.29, 1.82) is 0 Å². The summed E-state index contributed by atoms with van der Waals surface area (Å²) >= 11 is 0. The zero-order chi connectivity index (χ0) is 14.2. The molecule has 0 unspecified atom stereocenters. The van der Waals surface area contributed by atoms with Gasteiger partial charge < -0.3 is 4.98 Å². The highest BCUT2D eigenvalue weighted by Crippen LogP contribution is 2.18. The zero-order valence-electron chi connectivity index (χ0n) is 10.3. The number of para-hydroxylation sites is 1. The van der Waals surface area contributed by atoms with Gasteiger partial charge in [0.2, 0.25) is 0 Å². The summed E-state index contributed by atoms with van der Waals surface area (Å²) in [5.74, 6) is -0.542. The minimum atomic E-state index is -4.16. The van der Waals surface area contributed by atoms with Crippen LogP contribution in [0.4, 0.5) is 0 Å². The molecule has 6 heteroatoms. The van der Waals surface area contributed by atoms with Gasteiger partial charge in [-0.25, -0.2) is 0 Å². The second-order valence-electron chi connectivity index (χ2n) is 4.39. The van der Waals surface area contributed by atoms with Crippen LogP contribution in [0.25, 0.3) is 16.5 Å². The molecule has 0 bridgehead atoms. The van der Waals surface area contributed by atoms with Gasteiger partial charge in [-0.05, 0) is 24.1 Å². The smallest absolute Gasteiger partial charge is 0.269 e. The number of rotatable bonds is 3. The van der Waals surface area contributed by atoms with Crippen molar-refractivity contribution in [2.75, 3.05) is 0 Å². The lowest BCUT2D eigenvalue weighted by molar-refractivity contribution is 0.482. The molecule has 0 radical (unpaired) electrons. The number of fused-ring (bicyclic) bond motifs is 1. The van der Waals surface area contributed by atoms with Gasteiger partial charge >= 0.3 is 0 Å². The number of aromatic nitrogens is 1. The molecule has 1 aromatic carbocycles. The quantitative estimate of drug-likeness (QED) is 0.841. The summed E-state index contributed by atoms with van der Waals surface area (Å²) in [7, 11) is -4.16. The highest BCUT2D eigenvalue weighted by molar-refractivity contribution is 7.85. The first-order valence-electron chi connectivity index (χ1n) is 5.54. The molecule has 1 heterocycles. The Kier molecular flexibility index (Phi) is 3.30. The second kappa shape index (κ2) is 4.64. The molecule has 2 aromatic rings. The molecule has 0 spiro atoms. The first kappa shape index (κ1) is 13.5.